The van der Waals surface area contributed by atoms with Crippen LogP contribution in [0, 0.1) is 12.7 Å². The van der Waals surface area contributed by atoms with E-state index < -0.39 is 0 Å². The van der Waals surface area contributed by atoms with Crippen molar-refractivity contribution in [3.8, 4) is 5.75 Å². The van der Waals surface area contributed by atoms with Gasteiger partial charge in [-0.1, -0.05) is 12.1 Å². The number of benzene rings is 2. The predicted molar refractivity (Wildman–Crippen MR) is 69.2 cm³/mol. The molecule has 0 heterocycles. The summed E-state index contributed by atoms with van der Waals surface area (Å²) in [6.45, 7) is 2.33. The van der Waals surface area contributed by atoms with Crippen molar-refractivity contribution in [2.24, 2.45) is 0 Å². The molecule has 2 aromatic carbocycles. The molecule has 3 heteroatoms. The van der Waals surface area contributed by atoms with Crippen molar-refractivity contribution < 1.29 is 9.13 Å². The van der Waals surface area contributed by atoms with Crippen LogP contribution in [0.2, 0.25) is 0 Å². The molecule has 0 saturated heterocycles. The van der Waals surface area contributed by atoms with Gasteiger partial charge < -0.3 is 4.74 Å². The van der Waals surface area contributed by atoms with Gasteiger partial charge in [0.2, 0.25) is 0 Å². The number of thiol groups is 1. The third-order valence-corrected chi connectivity index (χ3v) is 2.96. The Hall–Kier alpha value is -1.48. The van der Waals surface area contributed by atoms with E-state index in [4.69, 9.17) is 4.74 Å². The topological polar surface area (TPSA) is 9.23 Å². The minimum atomic E-state index is -0.243. The highest BCUT2D eigenvalue weighted by Gasteiger charge is 1.99. The molecule has 0 fully saturated rings. The zero-order valence-electron chi connectivity index (χ0n) is 9.48. The summed E-state index contributed by atoms with van der Waals surface area (Å²) in [6.07, 6.45) is 0. The van der Waals surface area contributed by atoms with Crippen molar-refractivity contribution in [2.75, 3.05) is 0 Å². The van der Waals surface area contributed by atoms with E-state index in [0.717, 1.165) is 21.8 Å². The molecule has 88 valence electrons. The van der Waals surface area contributed by atoms with Gasteiger partial charge in [0.1, 0.15) is 18.2 Å². The van der Waals surface area contributed by atoms with Crippen LogP contribution in [0.15, 0.2) is 47.4 Å². The smallest absolute Gasteiger partial charge is 0.123 e. The molecular weight excluding hydrogens is 235 g/mol. The van der Waals surface area contributed by atoms with Crippen LogP contribution < -0.4 is 4.74 Å². The van der Waals surface area contributed by atoms with Crippen molar-refractivity contribution in [3.63, 3.8) is 0 Å². The molecule has 0 bridgehead atoms. The summed E-state index contributed by atoms with van der Waals surface area (Å²) in [5, 5.41) is 0. The fraction of sp³-hybridized carbons (Fsp3) is 0.143. The number of hydrogen-bond donors (Lipinski definition) is 1. The van der Waals surface area contributed by atoms with E-state index >= 15 is 0 Å². The highest BCUT2D eigenvalue weighted by molar-refractivity contribution is 7.80. The van der Waals surface area contributed by atoms with Gasteiger partial charge in [-0.15, -0.1) is 12.6 Å². The van der Waals surface area contributed by atoms with Gasteiger partial charge in [-0.2, -0.15) is 0 Å². The minimum absolute atomic E-state index is 0.243. The molecule has 17 heavy (non-hydrogen) atoms. The molecule has 0 unspecified atom stereocenters. The van der Waals surface area contributed by atoms with Gasteiger partial charge in [-0.05, 0) is 48.4 Å². The number of ether oxygens (including phenoxy) is 1. The summed E-state index contributed by atoms with van der Waals surface area (Å²) in [7, 11) is 0. The Morgan fingerprint density at radius 1 is 1.18 bits per heavy atom. The number of halogens is 1. The lowest BCUT2D eigenvalue weighted by Gasteiger charge is -2.08. The Labute approximate surface area is 106 Å². The van der Waals surface area contributed by atoms with Crippen LogP contribution in [0.25, 0.3) is 0 Å². The Kier molecular flexibility index (Phi) is 3.69. The molecule has 0 amide bonds. The minimum Gasteiger partial charge on any atom is -0.489 e. The van der Waals surface area contributed by atoms with Crippen molar-refractivity contribution in [1.29, 1.82) is 0 Å². The fourth-order valence-electron chi connectivity index (χ4n) is 1.51. The first-order valence-corrected chi connectivity index (χ1v) is 5.77. The molecule has 0 N–H and O–H groups in total. The van der Waals surface area contributed by atoms with Gasteiger partial charge in [0.05, 0.1) is 0 Å². The first-order valence-electron chi connectivity index (χ1n) is 5.32. The molecule has 0 radical (unpaired) electrons. The van der Waals surface area contributed by atoms with Gasteiger partial charge in [0.15, 0.2) is 0 Å². The average molecular weight is 248 g/mol. The van der Waals surface area contributed by atoms with E-state index in [0.29, 0.717) is 6.61 Å². The quantitative estimate of drug-likeness (QED) is 0.808. The normalized spacial score (nSPS) is 10.3. The van der Waals surface area contributed by atoms with E-state index in [1.54, 1.807) is 6.07 Å². The molecule has 0 aromatic heterocycles. The van der Waals surface area contributed by atoms with Gasteiger partial charge in [0, 0.05) is 4.90 Å². The van der Waals surface area contributed by atoms with Crippen LogP contribution in [0.1, 0.15) is 11.1 Å². The van der Waals surface area contributed by atoms with Gasteiger partial charge in [-0.3, -0.25) is 0 Å². The first-order chi connectivity index (χ1) is 8.15. The van der Waals surface area contributed by atoms with E-state index in [2.05, 4.69) is 12.6 Å². The maximum Gasteiger partial charge on any atom is 0.123 e. The van der Waals surface area contributed by atoms with Gasteiger partial charge in [-0.25, -0.2) is 4.39 Å². The van der Waals surface area contributed by atoms with Crippen molar-refractivity contribution >= 4 is 12.6 Å². The summed E-state index contributed by atoms with van der Waals surface area (Å²) in [5.74, 6) is 0.526. The highest BCUT2D eigenvalue weighted by atomic mass is 32.1. The lowest BCUT2D eigenvalue weighted by Crippen LogP contribution is -1.96. The number of aryl methyl sites for hydroxylation is 1. The van der Waals surface area contributed by atoms with Crippen LogP contribution in [0.4, 0.5) is 4.39 Å². The Morgan fingerprint density at radius 2 is 2.00 bits per heavy atom. The van der Waals surface area contributed by atoms with E-state index in [1.807, 2.05) is 31.2 Å². The van der Waals surface area contributed by atoms with Crippen LogP contribution in [-0.4, -0.2) is 0 Å². The second-order valence-corrected chi connectivity index (χ2v) is 4.35. The second kappa shape index (κ2) is 5.23. The fourth-order valence-corrected chi connectivity index (χ4v) is 1.65. The molecule has 0 atom stereocenters. The zero-order chi connectivity index (χ0) is 12.3. The van der Waals surface area contributed by atoms with Crippen LogP contribution in [0.3, 0.4) is 0 Å². The molecule has 2 rings (SSSR count). The predicted octanol–water partition coefficient (Wildman–Crippen LogP) is 4.00. The van der Waals surface area contributed by atoms with Gasteiger partial charge in [0.25, 0.3) is 0 Å². The maximum atomic E-state index is 12.9. The average Bonchev–Trinajstić information content (AvgIpc) is 2.31. The Balaban J connectivity index is 2.05. The van der Waals surface area contributed by atoms with Crippen molar-refractivity contribution in [2.45, 2.75) is 18.4 Å². The molecule has 0 aliphatic rings. The molecule has 0 spiro atoms. The monoisotopic (exact) mass is 248 g/mol. The largest absolute Gasteiger partial charge is 0.489 e. The standard InChI is InChI=1S/C14H13FOS/c1-10-7-13(5-6-14(10)17)16-9-11-3-2-4-12(15)8-11/h2-8,17H,9H2,1H3. The zero-order valence-corrected chi connectivity index (χ0v) is 10.4. The lowest BCUT2D eigenvalue weighted by atomic mass is 10.2. The van der Waals surface area contributed by atoms with Crippen LogP contribution in [0.5, 0.6) is 5.75 Å². The SMILES string of the molecule is Cc1cc(OCc2cccc(F)c2)ccc1S. The lowest BCUT2D eigenvalue weighted by molar-refractivity contribution is 0.305. The second-order valence-electron chi connectivity index (χ2n) is 3.87. The summed E-state index contributed by atoms with van der Waals surface area (Å²) >= 11 is 4.29. The summed E-state index contributed by atoms with van der Waals surface area (Å²) in [5.41, 5.74) is 1.88. The summed E-state index contributed by atoms with van der Waals surface area (Å²) in [6, 6.07) is 12.1. The Bertz CT molecular complexity index is 525. The van der Waals surface area contributed by atoms with E-state index in [1.165, 1.54) is 12.1 Å². The van der Waals surface area contributed by atoms with Crippen LogP contribution >= 0.6 is 12.6 Å². The molecule has 0 saturated carbocycles. The third kappa shape index (κ3) is 3.24. The number of hydrogen-bond acceptors (Lipinski definition) is 2. The van der Waals surface area contributed by atoms with E-state index in [9.17, 15) is 4.39 Å². The molecular formula is C14H13FOS. The molecule has 0 aliphatic carbocycles. The summed E-state index contributed by atoms with van der Waals surface area (Å²) < 4.78 is 18.5. The Morgan fingerprint density at radius 3 is 2.71 bits per heavy atom. The maximum absolute atomic E-state index is 12.9. The van der Waals surface area contributed by atoms with Crippen molar-refractivity contribution in [3.05, 3.63) is 59.4 Å². The highest BCUT2D eigenvalue weighted by Crippen LogP contribution is 2.20. The number of rotatable bonds is 3. The van der Waals surface area contributed by atoms with Crippen LogP contribution in [-0.2, 0) is 6.61 Å². The van der Waals surface area contributed by atoms with Crippen molar-refractivity contribution in [1.82, 2.24) is 0 Å². The molecule has 2 aromatic rings. The third-order valence-electron chi connectivity index (χ3n) is 2.46. The summed E-state index contributed by atoms with van der Waals surface area (Å²) in [4.78, 5) is 0.933. The molecule has 0 aliphatic heterocycles. The van der Waals surface area contributed by atoms with Gasteiger partial charge >= 0.3 is 0 Å². The molecule has 1 nitrogen and oxygen atoms in total. The van der Waals surface area contributed by atoms with E-state index in [-0.39, 0.29) is 5.82 Å². The first kappa shape index (κ1) is 12.0.